The van der Waals surface area contributed by atoms with E-state index in [4.69, 9.17) is 10.8 Å². The molecule has 0 radical (unpaired) electrons. The van der Waals surface area contributed by atoms with Crippen molar-refractivity contribution in [1.29, 1.82) is 0 Å². The maximum atomic E-state index is 12.9. The van der Waals surface area contributed by atoms with Gasteiger partial charge in [0, 0.05) is 12.8 Å². The molecule has 0 spiro atoms. The molecule has 4 atom stereocenters. The molecule has 210 valence electrons. The van der Waals surface area contributed by atoms with Crippen LogP contribution in [-0.2, 0) is 36.8 Å². The molecule has 13 nitrogen and oxygen atoms in total. The second-order valence-electron chi connectivity index (χ2n) is 8.80. The summed E-state index contributed by atoms with van der Waals surface area (Å²) in [7, 11) is 0. The van der Waals surface area contributed by atoms with E-state index in [2.05, 4.69) is 16.0 Å². The highest BCUT2D eigenvalue weighted by atomic mass is 16.4. The number of phenols is 1. The molecule has 4 unspecified atom stereocenters. The number of nitrogens with one attached hydrogen (secondary N) is 3. The van der Waals surface area contributed by atoms with Gasteiger partial charge in [-0.3, -0.25) is 19.2 Å². The van der Waals surface area contributed by atoms with Crippen molar-refractivity contribution in [2.75, 3.05) is 6.61 Å². The maximum Gasteiger partial charge on any atom is 0.326 e. The summed E-state index contributed by atoms with van der Waals surface area (Å²) in [6.07, 6.45) is -0.923. The van der Waals surface area contributed by atoms with E-state index in [-0.39, 0.29) is 18.6 Å². The summed E-state index contributed by atoms with van der Waals surface area (Å²) >= 11 is 0. The monoisotopic (exact) mass is 544 g/mol. The first-order valence-electron chi connectivity index (χ1n) is 12.0. The number of aliphatic hydroxyl groups is 1. The molecule has 2 aromatic rings. The quantitative estimate of drug-likeness (QED) is 0.135. The standard InChI is InChI=1S/C26H32N4O9/c27-18(12-15-4-2-1-3-5-15)23(35)30-21(14-31)25(37)28-19(10-11-22(33)34)24(36)29-20(26(38)39)13-16-6-8-17(32)9-7-16/h1-9,18-21,31-32H,10-14,27H2,(H,28,37)(H,29,36)(H,30,35)(H,33,34)(H,38,39). The van der Waals surface area contributed by atoms with Crippen LogP contribution < -0.4 is 21.7 Å². The number of aliphatic carboxylic acids is 2. The number of nitrogens with two attached hydrogens (primary N) is 1. The van der Waals surface area contributed by atoms with Crippen LogP contribution in [0.4, 0.5) is 0 Å². The Bertz CT molecular complexity index is 1140. The van der Waals surface area contributed by atoms with Crippen LogP contribution in [0.1, 0.15) is 24.0 Å². The molecule has 0 heterocycles. The summed E-state index contributed by atoms with van der Waals surface area (Å²) in [5.41, 5.74) is 7.17. The first kappa shape index (κ1) is 30.7. The molecule has 0 saturated carbocycles. The van der Waals surface area contributed by atoms with Crippen LogP contribution in [-0.4, -0.2) is 80.9 Å². The predicted octanol–water partition coefficient (Wildman–Crippen LogP) is -1.10. The van der Waals surface area contributed by atoms with Crippen LogP contribution in [0.2, 0.25) is 0 Å². The molecule has 2 rings (SSSR count). The Hall–Kier alpha value is -4.49. The SMILES string of the molecule is NC(Cc1ccccc1)C(=O)NC(CO)C(=O)NC(CCC(=O)O)C(=O)NC(Cc1ccc(O)cc1)C(=O)O. The molecule has 0 fully saturated rings. The zero-order valence-electron chi connectivity index (χ0n) is 20.9. The summed E-state index contributed by atoms with van der Waals surface area (Å²) in [6, 6.07) is 9.03. The number of aromatic hydroxyl groups is 1. The molecule has 39 heavy (non-hydrogen) atoms. The van der Waals surface area contributed by atoms with Gasteiger partial charge in [0.2, 0.25) is 17.7 Å². The Kier molecular flexibility index (Phi) is 11.9. The van der Waals surface area contributed by atoms with E-state index >= 15 is 0 Å². The molecule has 0 bridgehead atoms. The number of carboxylic acid groups (broad SMARTS) is 2. The van der Waals surface area contributed by atoms with Gasteiger partial charge >= 0.3 is 11.9 Å². The van der Waals surface area contributed by atoms with E-state index in [0.717, 1.165) is 5.56 Å². The number of carbonyl (C=O) groups is 5. The van der Waals surface area contributed by atoms with Crippen LogP contribution in [0, 0.1) is 0 Å². The third-order valence-electron chi connectivity index (χ3n) is 5.72. The third kappa shape index (κ3) is 10.4. The van der Waals surface area contributed by atoms with Gasteiger partial charge in [0.15, 0.2) is 0 Å². The normalized spacial score (nSPS) is 13.8. The van der Waals surface area contributed by atoms with Gasteiger partial charge in [0.05, 0.1) is 12.6 Å². The molecule has 3 amide bonds. The highest BCUT2D eigenvalue weighted by Crippen LogP contribution is 2.12. The molecule has 9 N–H and O–H groups in total. The van der Waals surface area contributed by atoms with E-state index in [1.165, 1.54) is 24.3 Å². The van der Waals surface area contributed by atoms with E-state index in [1.807, 2.05) is 0 Å². The second kappa shape index (κ2) is 15.1. The van der Waals surface area contributed by atoms with Crippen molar-refractivity contribution in [2.24, 2.45) is 5.73 Å². The van der Waals surface area contributed by atoms with Crippen molar-refractivity contribution in [1.82, 2.24) is 16.0 Å². The number of benzene rings is 2. The molecular weight excluding hydrogens is 512 g/mol. The van der Waals surface area contributed by atoms with Gasteiger partial charge in [-0.05, 0) is 36.1 Å². The Morgan fingerprint density at radius 1 is 0.718 bits per heavy atom. The fourth-order valence-electron chi connectivity index (χ4n) is 3.58. The second-order valence-corrected chi connectivity index (χ2v) is 8.80. The molecule has 0 aliphatic carbocycles. The zero-order chi connectivity index (χ0) is 28.9. The average Bonchev–Trinajstić information content (AvgIpc) is 2.90. The average molecular weight is 545 g/mol. The van der Waals surface area contributed by atoms with Gasteiger partial charge in [-0.25, -0.2) is 4.79 Å². The van der Waals surface area contributed by atoms with Crippen LogP contribution in [0.25, 0.3) is 0 Å². The highest BCUT2D eigenvalue weighted by Gasteiger charge is 2.30. The minimum atomic E-state index is -1.51. The summed E-state index contributed by atoms with van der Waals surface area (Å²) in [4.78, 5) is 61.1. The van der Waals surface area contributed by atoms with Crippen molar-refractivity contribution in [2.45, 2.75) is 49.9 Å². The van der Waals surface area contributed by atoms with Gasteiger partial charge in [0.1, 0.15) is 23.9 Å². The topological polar surface area (TPSA) is 228 Å². The van der Waals surface area contributed by atoms with Crippen molar-refractivity contribution in [3.05, 3.63) is 65.7 Å². The van der Waals surface area contributed by atoms with Crippen LogP contribution in [0.5, 0.6) is 5.75 Å². The maximum absolute atomic E-state index is 12.9. The van der Waals surface area contributed by atoms with E-state index < -0.39 is 73.3 Å². The number of aliphatic hydroxyl groups excluding tert-OH is 1. The van der Waals surface area contributed by atoms with E-state index in [9.17, 15) is 39.3 Å². The number of hydrogen-bond donors (Lipinski definition) is 8. The minimum absolute atomic E-state index is 0.0299. The molecule has 2 aromatic carbocycles. The fourth-order valence-corrected chi connectivity index (χ4v) is 3.58. The molecule has 0 saturated heterocycles. The number of phenolic OH excluding ortho intramolecular Hbond substituents is 1. The lowest BCUT2D eigenvalue weighted by molar-refractivity contribution is -0.143. The lowest BCUT2D eigenvalue weighted by atomic mass is 10.0. The third-order valence-corrected chi connectivity index (χ3v) is 5.72. The summed E-state index contributed by atoms with van der Waals surface area (Å²) in [6.45, 7) is -0.846. The van der Waals surface area contributed by atoms with Gasteiger partial charge in [-0.1, -0.05) is 42.5 Å². The number of carboxylic acids is 2. The van der Waals surface area contributed by atoms with Crippen molar-refractivity contribution < 1.29 is 44.4 Å². The molecule has 0 aromatic heterocycles. The zero-order valence-corrected chi connectivity index (χ0v) is 20.9. The van der Waals surface area contributed by atoms with Crippen molar-refractivity contribution in [3.8, 4) is 5.75 Å². The first-order chi connectivity index (χ1) is 18.5. The number of amides is 3. The fraction of sp³-hybridized carbons (Fsp3) is 0.346. The number of hydrogen-bond acceptors (Lipinski definition) is 8. The molecule has 0 aliphatic rings. The van der Waals surface area contributed by atoms with Gasteiger partial charge < -0.3 is 42.1 Å². The Balaban J connectivity index is 2.07. The Labute approximate surface area is 224 Å². The lowest BCUT2D eigenvalue weighted by Gasteiger charge is -2.24. The molecule has 0 aliphatic heterocycles. The van der Waals surface area contributed by atoms with Gasteiger partial charge in [-0.2, -0.15) is 0 Å². The van der Waals surface area contributed by atoms with Crippen molar-refractivity contribution >= 4 is 29.7 Å². The minimum Gasteiger partial charge on any atom is -0.508 e. The molecule has 13 heteroatoms. The highest BCUT2D eigenvalue weighted by molar-refractivity contribution is 5.94. The van der Waals surface area contributed by atoms with Crippen LogP contribution >= 0.6 is 0 Å². The van der Waals surface area contributed by atoms with E-state index in [1.54, 1.807) is 30.3 Å². The predicted molar refractivity (Wildman–Crippen MR) is 137 cm³/mol. The van der Waals surface area contributed by atoms with Gasteiger partial charge in [-0.15, -0.1) is 0 Å². The van der Waals surface area contributed by atoms with Crippen LogP contribution in [0.15, 0.2) is 54.6 Å². The van der Waals surface area contributed by atoms with E-state index in [0.29, 0.717) is 5.56 Å². The lowest BCUT2D eigenvalue weighted by Crippen LogP contribution is -2.58. The summed E-state index contributed by atoms with van der Waals surface area (Å²) < 4.78 is 0. The summed E-state index contributed by atoms with van der Waals surface area (Å²) in [5, 5.41) is 44.5. The van der Waals surface area contributed by atoms with Crippen LogP contribution in [0.3, 0.4) is 0 Å². The smallest absolute Gasteiger partial charge is 0.326 e. The van der Waals surface area contributed by atoms with Gasteiger partial charge in [0.25, 0.3) is 0 Å². The number of carbonyl (C=O) groups excluding carboxylic acids is 3. The Morgan fingerprint density at radius 2 is 1.26 bits per heavy atom. The number of rotatable bonds is 15. The summed E-state index contributed by atoms with van der Waals surface area (Å²) in [5.74, 6) is -5.38. The van der Waals surface area contributed by atoms with Crippen molar-refractivity contribution in [3.63, 3.8) is 0 Å². The molecular formula is C26H32N4O9. The Morgan fingerprint density at radius 3 is 1.82 bits per heavy atom. The largest absolute Gasteiger partial charge is 0.508 e. The first-order valence-corrected chi connectivity index (χ1v) is 12.0.